The number of urea groups is 1. The zero-order chi connectivity index (χ0) is 16.1. The molecule has 0 unspecified atom stereocenters. The van der Waals surface area contributed by atoms with Crippen LogP contribution in [-0.2, 0) is 6.54 Å². The van der Waals surface area contributed by atoms with Crippen molar-refractivity contribution in [1.29, 1.82) is 0 Å². The van der Waals surface area contributed by atoms with Crippen LogP contribution < -0.4 is 15.4 Å². The summed E-state index contributed by atoms with van der Waals surface area (Å²) < 4.78 is 19.1. The van der Waals surface area contributed by atoms with Gasteiger partial charge in [0.15, 0.2) is 16.7 Å². The van der Waals surface area contributed by atoms with Crippen molar-refractivity contribution in [2.75, 3.05) is 5.32 Å². The number of halogens is 1. The molecular formula is C15H18FN3O2S. The maximum atomic E-state index is 13.8. The molecule has 5 nitrogen and oxygen atoms in total. The van der Waals surface area contributed by atoms with Crippen molar-refractivity contribution in [3.05, 3.63) is 40.7 Å². The molecule has 118 valence electrons. The molecule has 2 rings (SSSR count). The van der Waals surface area contributed by atoms with E-state index in [0.717, 1.165) is 4.88 Å². The van der Waals surface area contributed by atoms with Crippen molar-refractivity contribution in [1.82, 2.24) is 10.3 Å². The van der Waals surface area contributed by atoms with Gasteiger partial charge in [-0.3, -0.25) is 5.32 Å². The number of nitrogens with zero attached hydrogens (tertiary/aromatic N) is 1. The lowest BCUT2D eigenvalue weighted by molar-refractivity contribution is 0.231. The van der Waals surface area contributed by atoms with Gasteiger partial charge in [-0.25, -0.2) is 14.2 Å². The number of benzene rings is 1. The lowest BCUT2D eigenvalue weighted by atomic mass is 10.2. The molecule has 0 atom stereocenters. The van der Waals surface area contributed by atoms with Crippen LogP contribution in [0.25, 0.3) is 0 Å². The second-order valence-electron chi connectivity index (χ2n) is 5.02. The van der Waals surface area contributed by atoms with E-state index in [2.05, 4.69) is 15.6 Å². The summed E-state index contributed by atoms with van der Waals surface area (Å²) in [4.78, 5) is 16.8. The van der Waals surface area contributed by atoms with E-state index in [4.69, 9.17) is 4.74 Å². The lowest BCUT2D eigenvalue weighted by Crippen LogP contribution is -2.28. The number of amides is 2. The van der Waals surface area contributed by atoms with E-state index in [-0.39, 0.29) is 24.4 Å². The molecule has 0 saturated heterocycles. The molecule has 1 heterocycles. The molecule has 0 aliphatic rings. The van der Waals surface area contributed by atoms with Crippen LogP contribution in [0.4, 0.5) is 14.3 Å². The van der Waals surface area contributed by atoms with Gasteiger partial charge in [0.2, 0.25) is 0 Å². The van der Waals surface area contributed by atoms with Crippen molar-refractivity contribution in [3.63, 3.8) is 0 Å². The molecule has 0 radical (unpaired) electrons. The Hall–Kier alpha value is -2.15. The smallest absolute Gasteiger partial charge is 0.321 e. The van der Waals surface area contributed by atoms with Gasteiger partial charge < -0.3 is 10.1 Å². The zero-order valence-corrected chi connectivity index (χ0v) is 13.5. The van der Waals surface area contributed by atoms with Crippen LogP contribution >= 0.6 is 11.3 Å². The van der Waals surface area contributed by atoms with Crippen molar-refractivity contribution >= 4 is 22.5 Å². The molecule has 0 spiro atoms. The number of aromatic nitrogens is 1. The number of thiazole rings is 1. The van der Waals surface area contributed by atoms with Gasteiger partial charge in [0.25, 0.3) is 0 Å². The van der Waals surface area contributed by atoms with E-state index >= 15 is 0 Å². The SMILES string of the molecule is Cc1cnc(NC(=O)NCc2ccc(OC(C)C)c(F)c2)s1. The van der Waals surface area contributed by atoms with Gasteiger partial charge in [-0.15, -0.1) is 11.3 Å². The van der Waals surface area contributed by atoms with Crippen molar-refractivity contribution in [3.8, 4) is 5.75 Å². The fourth-order valence-electron chi connectivity index (χ4n) is 1.74. The zero-order valence-electron chi connectivity index (χ0n) is 12.6. The third kappa shape index (κ3) is 4.70. The summed E-state index contributed by atoms with van der Waals surface area (Å²) in [6, 6.07) is 4.26. The largest absolute Gasteiger partial charge is 0.488 e. The number of nitrogens with one attached hydrogen (secondary N) is 2. The lowest BCUT2D eigenvalue weighted by Gasteiger charge is -2.11. The number of ether oxygens (including phenoxy) is 1. The predicted octanol–water partition coefficient (Wildman–Crippen LogP) is 3.70. The fourth-order valence-corrected chi connectivity index (χ4v) is 2.40. The van der Waals surface area contributed by atoms with E-state index in [1.165, 1.54) is 17.4 Å². The molecule has 2 N–H and O–H groups in total. The van der Waals surface area contributed by atoms with Crippen LogP contribution in [0.1, 0.15) is 24.3 Å². The number of carbonyl (C=O) groups excluding carboxylic acids is 1. The molecule has 0 bridgehead atoms. The van der Waals surface area contributed by atoms with E-state index < -0.39 is 5.82 Å². The molecule has 7 heteroatoms. The number of hydrogen-bond acceptors (Lipinski definition) is 4. The Bertz CT molecular complexity index is 658. The Morgan fingerprint density at radius 2 is 2.23 bits per heavy atom. The molecule has 22 heavy (non-hydrogen) atoms. The predicted molar refractivity (Wildman–Crippen MR) is 84.9 cm³/mol. The van der Waals surface area contributed by atoms with E-state index in [9.17, 15) is 9.18 Å². The highest BCUT2D eigenvalue weighted by atomic mass is 32.1. The van der Waals surface area contributed by atoms with Gasteiger partial charge in [0.05, 0.1) is 6.10 Å². The molecule has 0 aliphatic carbocycles. The summed E-state index contributed by atoms with van der Waals surface area (Å²) in [5.41, 5.74) is 0.652. The van der Waals surface area contributed by atoms with Crippen LogP contribution in [0.3, 0.4) is 0 Å². The molecule has 0 aliphatic heterocycles. The number of carbonyl (C=O) groups is 1. The Balaban J connectivity index is 1.88. The minimum Gasteiger partial charge on any atom is -0.488 e. The van der Waals surface area contributed by atoms with Crippen LogP contribution in [0, 0.1) is 12.7 Å². The molecule has 1 aromatic carbocycles. The van der Waals surface area contributed by atoms with Gasteiger partial charge in [-0.2, -0.15) is 0 Å². The maximum absolute atomic E-state index is 13.8. The quantitative estimate of drug-likeness (QED) is 0.882. The minimum absolute atomic E-state index is 0.0917. The fraction of sp³-hybridized carbons (Fsp3) is 0.333. The first kappa shape index (κ1) is 16.2. The standard InChI is InChI=1S/C15H18FN3O2S/c1-9(2)21-13-5-4-11(6-12(13)16)8-17-14(20)19-15-18-7-10(3)22-15/h4-7,9H,8H2,1-3H3,(H2,17,18,19,20). The third-order valence-electron chi connectivity index (χ3n) is 2.65. The Morgan fingerprint density at radius 1 is 1.45 bits per heavy atom. The average Bonchev–Trinajstić information content (AvgIpc) is 2.84. The first-order valence-electron chi connectivity index (χ1n) is 6.86. The number of anilines is 1. The van der Waals surface area contributed by atoms with Crippen molar-refractivity contribution in [2.45, 2.75) is 33.4 Å². The summed E-state index contributed by atoms with van der Waals surface area (Å²) in [7, 11) is 0. The molecular weight excluding hydrogens is 305 g/mol. The highest BCUT2D eigenvalue weighted by Gasteiger charge is 2.08. The second-order valence-corrected chi connectivity index (χ2v) is 6.25. The maximum Gasteiger partial charge on any atom is 0.321 e. The summed E-state index contributed by atoms with van der Waals surface area (Å²) in [6.45, 7) is 5.79. The Labute approximate surface area is 132 Å². The van der Waals surface area contributed by atoms with Gasteiger partial charge >= 0.3 is 6.03 Å². The van der Waals surface area contributed by atoms with Gasteiger partial charge in [0.1, 0.15) is 0 Å². The van der Waals surface area contributed by atoms with Crippen LogP contribution in [0.15, 0.2) is 24.4 Å². The first-order chi connectivity index (χ1) is 10.4. The number of hydrogen-bond donors (Lipinski definition) is 2. The van der Waals surface area contributed by atoms with Gasteiger partial charge in [-0.1, -0.05) is 6.07 Å². The normalized spacial score (nSPS) is 10.6. The van der Waals surface area contributed by atoms with E-state index in [0.29, 0.717) is 10.7 Å². The average molecular weight is 323 g/mol. The number of rotatable bonds is 5. The van der Waals surface area contributed by atoms with Crippen LogP contribution in [0.5, 0.6) is 5.75 Å². The van der Waals surface area contributed by atoms with Crippen LogP contribution in [-0.4, -0.2) is 17.1 Å². The van der Waals surface area contributed by atoms with Crippen molar-refractivity contribution in [2.24, 2.45) is 0 Å². The van der Waals surface area contributed by atoms with E-state index in [1.807, 2.05) is 20.8 Å². The monoisotopic (exact) mass is 323 g/mol. The molecule has 2 aromatic rings. The number of aryl methyl sites for hydroxylation is 1. The van der Waals surface area contributed by atoms with Gasteiger partial charge in [0, 0.05) is 17.6 Å². The summed E-state index contributed by atoms with van der Waals surface area (Å²) in [5.74, 6) is -0.231. The highest BCUT2D eigenvalue weighted by molar-refractivity contribution is 7.15. The Kier molecular flexibility index (Phi) is 5.32. The highest BCUT2D eigenvalue weighted by Crippen LogP contribution is 2.20. The molecule has 2 amide bonds. The van der Waals surface area contributed by atoms with Crippen LogP contribution in [0.2, 0.25) is 0 Å². The molecule has 0 saturated carbocycles. The topological polar surface area (TPSA) is 63.2 Å². The summed E-state index contributed by atoms with van der Waals surface area (Å²) in [6.07, 6.45) is 1.59. The second kappa shape index (κ2) is 7.22. The summed E-state index contributed by atoms with van der Waals surface area (Å²) >= 11 is 1.39. The van der Waals surface area contributed by atoms with E-state index in [1.54, 1.807) is 18.3 Å². The molecule has 0 fully saturated rings. The summed E-state index contributed by atoms with van der Waals surface area (Å²) in [5, 5.41) is 5.81. The minimum atomic E-state index is -0.441. The van der Waals surface area contributed by atoms with Gasteiger partial charge in [-0.05, 0) is 38.5 Å². The van der Waals surface area contributed by atoms with Crippen molar-refractivity contribution < 1.29 is 13.9 Å². The first-order valence-corrected chi connectivity index (χ1v) is 7.68. The Morgan fingerprint density at radius 3 is 2.82 bits per heavy atom. The third-order valence-corrected chi connectivity index (χ3v) is 3.48. The molecule has 1 aromatic heterocycles.